The number of unbranched alkanes of at least 4 members (excludes halogenated alkanes) is 35. The Bertz CT molecular complexity index is 1690. The van der Waals surface area contributed by atoms with Crippen LogP contribution in [0.3, 0.4) is 0 Å². The van der Waals surface area contributed by atoms with Crippen LogP contribution in [0.15, 0.2) is 0 Å². The van der Waals surface area contributed by atoms with Crippen LogP contribution in [0, 0.1) is 11.8 Å². The van der Waals surface area contributed by atoms with Gasteiger partial charge in [0.25, 0.3) is 0 Å². The van der Waals surface area contributed by atoms with E-state index in [9.17, 15) is 43.2 Å². The molecule has 19 heteroatoms. The van der Waals surface area contributed by atoms with Crippen molar-refractivity contribution >= 4 is 39.5 Å². The Kier molecular flexibility index (Phi) is 58.0. The maximum absolute atomic E-state index is 13.0. The molecule has 0 aromatic heterocycles. The van der Waals surface area contributed by atoms with E-state index in [-0.39, 0.29) is 25.7 Å². The molecule has 0 bridgehead atoms. The fourth-order valence-corrected chi connectivity index (χ4v) is 11.6. The first-order valence-electron chi connectivity index (χ1n) is 35.0. The molecule has 6 atom stereocenters. The fourth-order valence-electron chi connectivity index (χ4n) is 10.0. The van der Waals surface area contributed by atoms with E-state index in [4.69, 9.17) is 37.0 Å². The highest BCUT2D eigenvalue weighted by Gasteiger charge is 2.30. The number of aliphatic hydroxyl groups is 1. The molecule has 3 N–H and O–H groups in total. The summed E-state index contributed by atoms with van der Waals surface area (Å²) in [5, 5.41) is 10.5. The van der Waals surface area contributed by atoms with E-state index >= 15 is 0 Å². The van der Waals surface area contributed by atoms with E-state index in [1.165, 1.54) is 141 Å². The third kappa shape index (κ3) is 59.7. The summed E-state index contributed by atoms with van der Waals surface area (Å²) in [7, 11) is -9.89. The lowest BCUT2D eigenvalue weighted by atomic mass is 9.99. The molecule has 0 amide bonds. The van der Waals surface area contributed by atoms with Crippen LogP contribution in [0.25, 0.3) is 0 Å². The third-order valence-electron chi connectivity index (χ3n) is 15.8. The smallest absolute Gasteiger partial charge is 0.462 e. The van der Waals surface area contributed by atoms with Crippen molar-refractivity contribution in [1.82, 2.24) is 0 Å². The van der Waals surface area contributed by atoms with Crippen LogP contribution >= 0.6 is 15.6 Å². The van der Waals surface area contributed by atoms with Gasteiger partial charge in [0.2, 0.25) is 0 Å². The Morgan fingerprint density at radius 1 is 0.337 bits per heavy atom. The molecule has 0 aliphatic carbocycles. The van der Waals surface area contributed by atoms with Crippen molar-refractivity contribution in [3.8, 4) is 0 Å². The van der Waals surface area contributed by atoms with Gasteiger partial charge in [-0.15, -0.1) is 0 Å². The summed E-state index contributed by atoms with van der Waals surface area (Å²) in [5.74, 6) is -0.638. The van der Waals surface area contributed by atoms with E-state index in [1.54, 1.807) is 0 Å². The molecule has 0 fully saturated rings. The second kappa shape index (κ2) is 59.4. The maximum Gasteiger partial charge on any atom is 0.472 e. The Morgan fingerprint density at radius 3 is 0.884 bits per heavy atom. The quantitative estimate of drug-likeness (QED) is 0.0222. The highest BCUT2D eigenvalue weighted by molar-refractivity contribution is 7.47. The van der Waals surface area contributed by atoms with Gasteiger partial charge in [-0.2, -0.15) is 0 Å². The number of ether oxygens (including phenoxy) is 4. The Labute approximate surface area is 524 Å². The molecule has 0 radical (unpaired) electrons. The molecule has 0 rings (SSSR count). The van der Waals surface area contributed by atoms with Gasteiger partial charge < -0.3 is 33.8 Å². The van der Waals surface area contributed by atoms with Crippen LogP contribution < -0.4 is 0 Å². The lowest BCUT2D eigenvalue weighted by Gasteiger charge is -2.21. The number of phosphoric ester groups is 2. The van der Waals surface area contributed by atoms with Crippen molar-refractivity contribution in [2.75, 3.05) is 39.6 Å². The van der Waals surface area contributed by atoms with Gasteiger partial charge in [-0.1, -0.05) is 286 Å². The second-order valence-electron chi connectivity index (χ2n) is 24.9. The molecule has 0 saturated heterocycles. The average molecular weight is 1270 g/mol. The molecule has 0 aromatic rings. The molecular formula is C67H130O17P2. The summed E-state index contributed by atoms with van der Waals surface area (Å²) in [4.78, 5) is 72.3. The average Bonchev–Trinajstić information content (AvgIpc) is 3.54. The zero-order valence-corrected chi connectivity index (χ0v) is 57.4. The summed E-state index contributed by atoms with van der Waals surface area (Å²) < 4.78 is 68.1. The monoisotopic (exact) mass is 1270 g/mol. The molecule has 0 heterocycles. The Morgan fingerprint density at radius 2 is 0.593 bits per heavy atom. The van der Waals surface area contributed by atoms with Crippen molar-refractivity contribution < 1.29 is 80.2 Å². The SMILES string of the molecule is CCCCCCCCCCCCCCCCCCC(=O)O[C@H](COC(=O)CCCCCCCCCCC(C)CC)COP(=O)(O)OC[C@@H](O)COP(=O)(O)OC[C@@H](COC(=O)CCCCCCCCC)OC(=O)CCCCCCCCCCC(C)C. The molecule has 0 aromatic carbocycles. The van der Waals surface area contributed by atoms with E-state index in [0.717, 1.165) is 115 Å². The number of hydrogen-bond donors (Lipinski definition) is 3. The van der Waals surface area contributed by atoms with Gasteiger partial charge in [0, 0.05) is 25.7 Å². The van der Waals surface area contributed by atoms with Crippen molar-refractivity contribution in [3.63, 3.8) is 0 Å². The Hall–Kier alpha value is -1.94. The second-order valence-corrected chi connectivity index (χ2v) is 27.8. The largest absolute Gasteiger partial charge is 0.472 e. The number of phosphoric acid groups is 2. The van der Waals surface area contributed by atoms with E-state index in [2.05, 4.69) is 41.5 Å². The number of aliphatic hydroxyl groups excluding tert-OH is 1. The molecule has 0 aliphatic heterocycles. The van der Waals surface area contributed by atoms with E-state index in [0.29, 0.717) is 25.7 Å². The van der Waals surface area contributed by atoms with Gasteiger partial charge in [0.15, 0.2) is 12.2 Å². The Balaban J connectivity index is 5.21. The van der Waals surface area contributed by atoms with Crippen molar-refractivity contribution in [2.24, 2.45) is 11.8 Å². The minimum atomic E-state index is -4.95. The first-order chi connectivity index (χ1) is 41.4. The van der Waals surface area contributed by atoms with Crippen LogP contribution in [-0.4, -0.2) is 96.7 Å². The summed E-state index contributed by atoms with van der Waals surface area (Å²) in [6, 6.07) is 0. The molecule has 17 nitrogen and oxygen atoms in total. The third-order valence-corrected chi connectivity index (χ3v) is 17.7. The summed E-state index contributed by atoms with van der Waals surface area (Å²) >= 11 is 0. The normalized spacial score (nSPS) is 14.5. The van der Waals surface area contributed by atoms with Crippen LogP contribution in [0.5, 0.6) is 0 Å². The predicted octanol–water partition coefficient (Wildman–Crippen LogP) is 18.8. The minimum absolute atomic E-state index is 0.104. The minimum Gasteiger partial charge on any atom is -0.462 e. The van der Waals surface area contributed by atoms with Crippen molar-refractivity contribution in [1.29, 1.82) is 0 Å². The van der Waals surface area contributed by atoms with Gasteiger partial charge >= 0.3 is 39.5 Å². The van der Waals surface area contributed by atoms with Crippen LogP contribution in [0.2, 0.25) is 0 Å². The van der Waals surface area contributed by atoms with Gasteiger partial charge in [0.05, 0.1) is 26.4 Å². The lowest BCUT2D eigenvalue weighted by molar-refractivity contribution is -0.161. The number of carbonyl (C=O) groups excluding carboxylic acids is 4. The summed E-state index contributed by atoms with van der Waals surface area (Å²) in [6.45, 7) is 9.45. The highest BCUT2D eigenvalue weighted by Crippen LogP contribution is 2.45. The maximum atomic E-state index is 13.0. The van der Waals surface area contributed by atoms with Crippen LogP contribution in [0.4, 0.5) is 0 Å². The first kappa shape index (κ1) is 84.1. The number of carbonyl (C=O) groups is 4. The molecule has 0 aliphatic rings. The van der Waals surface area contributed by atoms with Gasteiger partial charge in [-0.25, -0.2) is 9.13 Å². The van der Waals surface area contributed by atoms with Crippen molar-refractivity contribution in [2.45, 2.75) is 355 Å². The standard InChI is InChI=1S/C67H130O17P2/c1-7-10-12-14-16-17-18-19-20-21-22-23-24-33-39-45-51-66(71)83-63(56-78-65(70)50-44-38-32-28-26-31-36-42-48-60(6)9-3)58-82-86(75,76)80-54-61(68)53-79-85(73,74)81-57-62(55-77-64(69)49-43-37-29-15-13-11-8-2)84-67(72)52-46-40-34-27-25-30-35-41-47-59(4)5/h59-63,68H,7-58H2,1-6H3,(H,73,74)(H,75,76)/t60?,61-,62+,63+/m0/s1. The zero-order valence-electron chi connectivity index (χ0n) is 55.6. The fraction of sp³-hybridized carbons (Fsp3) is 0.940. The predicted molar refractivity (Wildman–Crippen MR) is 345 cm³/mol. The molecule has 0 saturated carbocycles. The molecule has 0 spiro atoms. The lowest BCUT2D eigenvalue weighted by Crippen LogP contribution is -2.30. The van der Waals surface area contributed by atoms with Gasteiger partial charge in [0.1, 0.15) is 19.3 Å². The van der Waals surface area contributed by atoms with E-state index < -0.39 is 97.5 Å². The highest BCUT2D eigenvalue weighted by atomic mass is 31.2. The van der Waals surface area contributed by atoms with Gasteiger partial charge in [-0.3, -0.25) is 37.3 Å². The summed E-state index contributed by atoms with van der Waals surface area (Å²) in [6.07, 6.45) is 43.2. The zero-order chi connectivity index (χ0) is 63.6. The number of rotatable bonds is 66. The topological polar surface area (TPSA) is 237 Å². The van der Waals surface area contributed by atoms with E-state index in [1.807, 2.05) is 0 Å². The molecule has 510 valence electrons. The molecular weight excluding hydrogens is 1140 g/mol. The summed E-state index contributed by atoms with van der Waals surface area (Å²) in [5.41, 5.74) is 0. The number of esters is 4. The first-order valence-corrected chi connectivity index (χ1v) is 38.0. The van der Waals surface area contributed by atoms with Crippen LogP contribution in [0.1, 0.15) is 337 Å². The molecule has 86 heavy (non-hydrogen) atoms. The number of hydrogen-bond acceptors (Lipinski definition) is 15. The van der Waals surface area contributed by atoms with Crippen LogP contribution in [-0.2, 0) is 65.4 Å². The van der Waals surface area contributed by atoms with Crippen molar-refractivity contribution in [3.05, 3.63) is 0 Å². The molecule has 3 unspecified atom stereocenters. The van der Waals surface area contributed by atoms with Gasteiger partial charge in [-0.05, 0) is 37.5 Å².